The van der Waals surface area contributed by atoms with Crippen LogP contribution in [0.25, 0.3) is 0 Å². The van der Waals surface area contributed by atoms with Crippen LogP contribution in [-0.4, -0.2) is 32.3 Å². The highest BCUT2D eigenvalue weighted by atomic mass is 19.1. The lowest BCUT2D eigenvalue weighted by molar-refractivity contribution is 0.0595. The zero-order chi connectivity index (χ0) is 17.8. The highest BCUT2D eigenvalue weighted by Crippen LogP contribution is 2.34. The van der Waals surface area contributed by atoms with Gasteiger partial charge in [-0.05, 0) is 11.6 Å². The van der Waals surface area contributed by atoms with Crippen LogP contribution < -0.4 is 9.64 Å². The summed E-state index contributed by atoms with van der Waals surface area (Å²) in [6.07, 6.45) is -0.601. The maximum atomic E-state index is 14.0. The zero-order valence-corrected chi connectivity index (χ0v) is 13.5. The van der Waals surface area contributed by atoms with Crippen molar-refractivity contribution in [2.45, 2.75) is 6.61 Å². The Morgan fingerprint density at radius 1 is 1.24 bits per heavy atom. The van der Waals surface area contributed by atoms with Gasteiger partial charge in [0.1, 0.15) is 24.8 Å². The van der Waals surface area contributed by atoms with Crippen LogP contribution >= 0.6 is 0 Å². The fraction of sp³-hybridized carbons (Fsp3) is 0.222. The topological polar surface area (TPSA) is 65.1 Å². The highest BCUT2D eigenvalue weighted by Gasteiger charge is 2.28. The van der Waals surface area contributed by atoms with E-state index in [1.807, 2.05) is 30.3 Å². The normalized spacial score (nSPS) is 12.8. The third-order valence-electron chi connectivity index (χ3n) is 3.74. The number of halogens is 1. The molecule has 0 unspecified atom stereocenters. The van der Waals surface area contributed by atoms with Gasteiger partial charge in [-0.3, -0.25) is 4.90 Å². The van der Waals surface area contributed by atoms with Gasteiger partial charge in [-0.25, -0.2) is 14.0 Å². The van der Waals surface area contributed by atoms with Crippen molar-refractivity contribution in [3.05, 3.63) is 59.4 Å². The quantitative estimate of drug-likeness (QED) is 0.800. The number of rotatable bonds is 3. The molecule has 0 fully saturated rings. The predicted octanol–water partition coefficient (Wildman–Crippen LogP) is 3.15. The van der Waals surface area contributed by atoms with Crippen LogP contribution in [0.1, 0.15) is 15.9 Å². The molecule has 1 aliphatic heterocycles. The van der Waals surface area contributed by atoms with Crippen molar-refractivity contribution in [2.75, 3.05) is 25.2 Å². The smallest absolute Gasteiger partial charge is 0.414 e. The van der Waals surface area contributed by atoms with Crippen LogP contribution in [0.4, 0.5) is 14.9 Å². The van der Waals surface area contributed by atoms with Gasteiger partial charge in [0.05, 0.1) is 24.9 Å². The van der Waals surface area contributed by atoms with Crippen molar-refractivity contribution in [3.63, 3.8) is 0 Å². The molecule has 6 nitrogen and oxygen atoms in total. The van der Waals surface area contributed by atoms with Crippen molar-refractivity contribution < 1.29 is 28.2 Å². The van der Waals surface area contributed by atoms with E-state index < -0.39 is 17.9 Å². The van der Waals surface area contributed by atoms with Gasteiger partial charge >= 0.3 is 12.1 Å². The maximum Gasteiger partial charge on any atom is 0.414 e. The van der Waals surface area contributed by atoms with E-state index in [0.717, 1.165) is 18.7 Å². The standard InChI is InChI=1S/C18H16FNO5/c1-23-17(21)13-9-15-16(10-14(13)19)24-8-7-20(15)18(22)25-11-12-5-3-2-4-6-12/h2-6,9-10H,7-8,11H2,1H3. The van der Waals surface area contributed by atoms with E-state index in [2.05, 4.69) is 4.74 Å². The average molecular weight is 345 g/mol. The Bertz CT molecular complexity index is 794. The van der Waals surface area contributed by atoms with E-state index in [4.69, 9.17) is 9.47 Å². The molecule has 2 aromatic carbocycles. The van der Waals surface area contributed by atoms with Crippen molar-refractivity contribution in [3.8, 4) is 5.75 Å². The predicted molar refractivity (Wildman–Crippen MR) is 87.2 cm³/mol. The summed E-state index contributed by atoms with van der Waals surface area (Å²) in [5, 5.41) is 0. The van der Waals surface area contributed by atoms with Crippen molar-refractivity contribution >= 4 is 17.7 Å². The summed E-state index contributed by atoms with van der Waals surface area (Å²) in [4.78, 5) is 25.4. The molecule has 2 aromatic rings. The minimum Gasteiger partial charge on any atom is -0.489 e. The molecule has 0 radical (unpaired) electrons. The Hall–Kier alpha value is -3.09. The molecule has 0 saturated heterocycles. The van der Waals surface area contributed by atoms with E-state index in [9.17, 15) is 14.0 Å². The fourth-order valence-corrected chi connectivity index (χ4v) is 2.49. The largest absolute Gasteiger partial charge is 0.489 e. The number of nitrogens with zero attached hydrogens (tertiary/aromatic N) is 1. The van der Waals surface area contributed by atoms with Crippen LogP contribution in [0.3, 0.4) is 0 Å². The molecule has 7 heteroatoms. The average Bonchev–Trinajstić information content (AvgIpc) is 2.65. The summed E-state index contributed by atoms with van der Waals surface area (Å²) < 4.78 is 29.2. The molecule has 25 heavy (non-hydrogen) atoms. The number of methoxy groups -OCH3 is 1. The van der Waals surface area contributed by atoms with Gasteiger partial charge in [-0.2, -0.15) is 0 Å². The second-order valence-corrected chi connectivity index (χ2v) is 5.33. The second-order valence-electron chi connectivity index (χ2n) is 5.33. The first-order valence-corrected chi connectivity index (χ1v) is 7.63. The van der Waals surface area contributed by atoms with Crippen molar-refractivity contribution in [2.24, 2.45) is 0 Å². The number of amides is 1. The van der Waals surface area contributed by atoms with Crippen LogP contribution in [0.2, 0.25) is 0 Å². The number of carbonyl (C=O) groups is 2. The molecule has 0 N–H and O–H groups in total. The van der Waals surface area contributed by atoms with Crippen molar-refractivity contribution in [1.82, 2.24) is 0 Å². The molecule has 1 amide bonds. The van der Waals surface area contributed by atoms with Gasteiger partial charge in [0.25, 0.3) is 0 Å². The van der Waals surface area contributed by atoms with E-state index in [1.165, 1.54) is 11.0 Å². The molecule has 0 bridgehead atoms. The van der Waals surface area contributed by atoms with Gasteiger partial charge < -0.3 is 14.2 Å². The van der Waals surface area contributed by atoms with Gasteiger partial charge in [0, 0.05) is 6.07 Å². The summed E-state index contributed by atoms with van der Waals surface area (Å²) in [7, 11) is 1.16. The summed E-state index contributed by atoms with van der Waals surface area (Å²) >= 11 is 0. The number of anilines is 1. The number of carbonyl (C=O) groups excluding carboxylic acids is 2. The minimum absolute atomic E-state index is 0.109. The van der Waals surface area contributed by atoms with E-state index in [0.29, 0.717) is 0 Å². The number of esters is 1. The molecule has 0 spiro atoms. The molecule has 1 aliphatic rings. The van der Waals surface area contributed by atoms with Gasteiger partial charge in [-0.1, -0.05) is 30.3 Å². The first-order chi connectivity index (χ1) is 12.1. The van der Waals surface area contributed by atoms with E-state index >= 15 is 0 Å². The summed E-state index contributed by atoms with van der Waals surface area (Å²) in [6, 6.07) is 11.5. The maximum absolute atomic E-state index is 14.0. The van der Waals surface area contributed by atoms with Crippen LogP contribution in [0.5, 0.6) is 5.75 Å². The number of hydrogen-bond donors (Lipinski definition) is 0. The van der Waals surface area contributed by atoms with Gasteiger partial charge in [0.15, 0.2) is 0 Å². The molecular formula is C18H16FNO5. The minimum atomic E-state index is -0.830. The van der Waals surface area contributed by atoms with Crippen molar-refractivity contribution in [1.29, 1.82) is 0 Å². The molecule has 0 aromatic heterocycles. The third-order valence-corrected chi connectivity index (χ3v) is 3.74. The number of hydrogen-bond acceptors (Lipinski definition) is 5. The monoisotopic (exact) mass is 345 g/mol. The summed E-state index contributed by atoms with van der Waals surface area (Å²) in [5.74, 6) is -1.43. The zero-order valence-electron chi connectivity index (χ0n) is 13.5. The van der Waals surface area contributed by atoms with E-state index in [1.54, 1.807) is 0 Å². The molecule has 0 aliphatic carbocycles. The van der Waals surface area contributed by atoms with Crippen LogP contribution in [0.15, 0.2) is 42.5 Å². The van der Waals surface area contributed by atoms with E-state index in [-0.39, 0.29) is 36.8 Å². The number of benzene rings is 2. The third kappa shape index (κ3) is 3.55. The lowest BCUT2D eigenvalue weighted by Crippen LogP contribution is -2.38. The summed E-state index contributed by atoms with van der Waals surface area (Å²) in [6.45, 7) is 0.536. The molecule has 130 valence electrons. The Labute approximate surface area is 143 Å². The molecule has 1 heterocycles. The lowest BCUT2D eigenvalue weighted by atomic mass is 10.1. The van der Waals surface area contributed by atoms with Crippen LogP contribution in [0, 0.1) is 5.82 Å². The Morgan fingerprint density at radius 2 is 2.00 bits per heavy atom. The molecular weight excluding hydrogens is 329 g/mol. The molecule has 3 rings (SSSR count). The van der Waals surface area contributed by atoms with Crippen LogP contribution in [-0.2, 0) is 16.1 Å². The SMILES string of the molecule is COC(=O)c1cc2c(cc1F)OCCN2C(=O)OCc1ccccc1. The fourth-order valence-electron chi connectivity index (χ4n) is 2.49. The number of ether oxygens (including phenoxy) is 3. The lowest BCUT2D eigenvalue weighted by Gasteiger charge is -2.29. The van der Waals surface area contributed by atoms with Gasteiger partial charge in [0.2, 0.25) is 0 Å². The Balaban J connectivity index is 1.82. The second kappa shape index (κ2) is 7.21. The first kappa shape index (κ1) is 16.8. The number of fused-ring (bicyclic) bond motifs is 1. The Kier molecular flexibility index (Phi) is 4.83. The Morgan fingerprint density at radius 3 is 2.72 bits per heavy atom. The highest BCUT2D eigenvalue weighted by molar-refractivity contribution is 5.95. The first-order valence-electron chi connectivity index (χ1n) is 7.63. The van der Waals surface area contributed by atoms with Gasteiger partial charge in [-0.15, -0.1) is 0 Å². The summed E-state index contributed by atoms with van der Waals surface area (Å²) in [5.41, 5.74) is 0.845. The molecule has 0 saturated carbocycles. The molecule has 0 atom stereocenters.